The first-order valence-corrected chi connectivity index (χ1v) is 12.1. The maximum atomic E-state index is 12.9. The summed E-state index contributed by atoms with van der Waals surface area (Å²) < 4.78 is 26.4. The summed E-state index contributed by atoms with van der Waals surface area (Å²) in [5, 5.41) is 11.0. The lowest BCUT2D eigenvalue weighted by molar-refractivity contribution is 0.0919. The first-order valence-electron chi connectivity index (χ1n) is 9.83. The molecule has 2 aliphatic rings. The minimum Gasteiger partial charge on any atom is -0.381 e. The van der Waals surface area contributed by atoms with E-state index in [2.05, 4.69) is 22.5 Å². The highest BCUT2D eigenvalue weighted by molar-refractivity contribution is 7.92. The monoisotopic (exact) mass is 448 g/mol. The number of thiophene rings is 1. The van der Waals surface area contributed by atoms with E-state index >= 15 is 0 Å². The molecule has 2 aliphatic heterocycles. The fourth-order valence-corrected chi connectivity index (χ4v) is 5.88. The van der Waals surface area contributed by atoms with E-state index in [1.807, 2.05) is 13.0 Å². The lowest BCUT2D eigenvalue weighted by Crippen LogP contribution is -2.49. The van der Waals surface area contributed by atoms with Gasteiger partial charge in [-0.15, -0.1) is 11.3 Å². The van der Waals surface area contributed by atoms with Crippen molar-refractivity contribution in [2.45, 2.75) is 31.8 Å². The Hall–Kier alpha value is -2.43. The van der Waals surface area contributed by atoms with Gasteiger partial charge in [-0.05, 0) is 38.0 Å². The smallest absolute Gasteiger partial charge is 0.263 e. The third-order valence-corrected chi connectivity index (χ3v) is 8.05. The number of benzene rings is 1. The van der Waals surface area contributed by atoms with Gasteiger partial charge in [-0.2, -0.15) is 4.31 Å². The predicted molar refractivity (Wildman–Crippen MR) is 118 cm³/mol. The Balaban J connectivity index is 1.55. The lowest BCUT2D eigenvalue weighted by Gasteiger charge is -2.31. The highest BCUT2D eigenvalue weighted by atomic mass is 32.2. The highest BCUT2D eigenvalue weighted by Crippen LogP contribution is 2.37. The van der Waals surface area contributed by atoms with E-state index in [0.29, 0.717) is 36.4 Å². The number of carbonyl (C=O) groups excluding carboxylic acids is 2. The van der Waals surface area contributed by atoms with Crippen LogP contribution >= 0.6 is 11.3 Å². The second kappa shape index (κ2) is 8.01. The zero-order valence-electron chi connectivity index (χ0n) is 16.6. The molecule has 0 bridgehead atoms. The van der Waals surface area contributed by atoms with E-state index in [1.54, 1.807) is 12.1 Å². The highest BCUT2D eigenvalue weighted by Gasteiger charge is 2.28. The van der Waals surface area contributed by atoms with Gasteiger partial charge in [0.25, 0.3) is 11.8 Å². The molecule has 2 amide bonds. The summed E-state index contributed by atoms with van der Waals surface area (Å²) in [7, 11) is -3.50. The first-order chi connectivity index (χ1) is 14.3. The van der Waals surface area contributed by atoms with Crippen LogP contribution in [0.15, 0.2) is 30.2 Å². The van der Waals surface area contributed by atoms with Gasteiger partial charge in [0.2, 0.25) is 10.0 Å². The molecule has 1 aromatic heterocycles. The van der Waals surface area contributed by atoms with E-state index < -0.39 is 10.0 Å². The van der Waals surface area contributed by atoms with Crippen molar-refractivity contribution >= 4 is 48.9 Å². The fourth-order valence-electron chi connectivity index (χ4n) is 3.84. The molecule has 2 aromatic rings. The zero-order chi connectivity index (χ0) is 21.5. The van der Waals surface area contributed by atoms with Crippen molar-refractivity contribution in [1.82, 2.24) is 14.9 Å². The number of sulfonamides is 1. The topological polar surface area (TPSA) is 108 Å². The Bertz CT molecular complexity index is 1130. The van der Waals surface area contributed by atoms with Crippen LogP contribution in [-0.4, -0.2) is 56.3 Å². The van der Waals surface area contributed by atoms with Crippen molar-refractivity contribution in [3.05, 3.63) is 40.6 Å². The van der Waals surface area contributed by atoms with Crippen LogP contribution < -0.4 is 16.0 Å². The molecule has 0 radical (unpaired) electrons. The van der Waals surface area contributed by atoms with Gasteiger partial charge in [-0.3, -0.25) is 9.59 Å². The average molecular weight is 449 g/mol. The van der Waals surface area contributed by atoms with Gasteiger partial charge in [-0.1, -0.05) is 6.58 Å². The van der Waals surface area contributed by atoms with E-state index in [0.717, 1.165) is 21.2 Å². The predicted octanol–water partition coefficient (Wildman–Crippen LogP) is 2.11. The molecule has 1 aromatic carbocycles. The Morgan fingerprint density at radius 2 is 2.20 bits per heavy atom. The van der Waals surface area contributed by atoms with Gasteiger partial charge in [0, 0.05) is 52.8 Å². The number of anilines is 1. The summed E-state index contributed by atoms with van der Waals surface area (Å²) in [5.74, 6) is -0.369. The molecule has 160 valence electrons. The summed E-state index contributed by atoms with van der Waals surface area (Å²) >= 11 is 1.40. The van der Waals surface area contributed by atoms with Gasteiger partial charge >= 0.3 is 0 Å². The molecule has 0 saturated carbocycles. The van der Waals surface area contributed by atoms with Crippen LogP contribution in [0.1, 0.15) is 39.8 Å². The lowest BCUT2D eigenvalue weighted by atomic mass is 10.1. The van der Waals surface area contributed by atoms with E-state index in [-0.39, 0.29) is 30.4 Å². The number of nitrogens with one attached hydrogen (secondary N) is 3. The molecule has 1 unspecified atom stereocenters. The molecule has 30 heavy (non-hydrogen) atoms. The molecule has 10 heteroatoms. The number of fused-ring (bicyclic) bond motifs is 3. The second-order valence-corrected chi connectivity index (χ2v) is 10.6. The molecule has 2 atom stereocenters. The summed E-state index contributed by atoms with van der Waals surface area (Å²) in [6.07, 6.45) is 1.39. The van der Waals surface area contributed by atoms with Crippen LogP contribution in [0.25, 0.3) is 10.1 Å². The van der Waals surface area contributed by atoms with Gasteiger partial charge in [0.15, 0.2) is 0 Å². The van der Waals surface area contributed by atoms with Crippen LogP contribution in [0.3, 0.4) is 0 Å². The maximum Gasteiger partial charge on any atom is 0.263 e. The standard InChI is InChI=1S/C20H24N4O4S2/c1-3-30(27,28)24-8-4-5-14(11-24)23-19(25)13-6-7-16-15(9-13)17-18(29-16)20(26)22-12(2)10-21-17/h3,6-7,9,12,14,21H,1,4-5,8,10-11H2,2H3,(H,22,26)(H,23,25)/t12-,14?/m1/s1. The Morgan fingerprint density at radius 1 is 1.40 bits per heavy atom. The average Bonchev–Trinajstić information content (AvgIpc) is 3.03. The van der Waals surface area contributed by atoms with E-state index in [1.165, 1.54) is 15.6 Å². The molecular formula is C20H24N4O4S2. The van der Waals surface area contributed by atoms with Crippen molar-refractivity contribution in [3.63, 3.8) is 0 Å². The van der Waals surface area contributed by atoms with Crippen LogP contribution in [0.4, 0.5) is 5.69 Å². The number of rotatable bonds is 4. The number of nitrogens with zero attached hydrogens (tertiary/aromatic N) is 1. The quantitative estimate of drug-likeness (QED) is 0.664. The molecular weight excluding hydrogens is 424 g/mol. The molecule has 0 aliphatic carbocycles. The summed E-state index contributed by atoms with van der Waals surface area (Å²) in [5.41, 5.74) is 1.23. The van der Waals surface area contributed by atoms with E-state index in [9.17, 15) is 18.0 Å². The molecule has 1 saturated heterocycles. The van der Waals surface area contributed by atoms with Crippen LogP contribution in [0, 0.1) is 0 Å². The normalized spacial score (nSPS) is 22.5. The van der Waals surface area contributed by atoms with Crippen molar-refractivity contribution in [2.75, 3.05) is 25.0 Å². The molecule has 4 rings (SSSR count). The summed E-state index contributed by atoms with van der Waals surface area (Å²) in [6, 6.07) is 5.12. The molecule has 3 heterocycles. The number of hydrogen-bond donors (Lipinski definition) is 3. The zero-order valence-corrected chi connectivity index (χ0v) is 18.2. The molecule has 3 N–H and O–H groups in total. The number of piperidine rings is 1. The van der Waals surface area contributed by atoms with Crippen molar-refractivity contribution in [3.8, 4) is 0 Å². The Kier molecular flexibility index (Phi) is 5.56. The van der Waals surface area contributed by atoms with Crippen LogP contribution in [0.2, 0.25) is 0 Å². The van der Waals surface area contributed by atoms with Gasteiger partial charge in [-0.25, -0.2) is 8.42 Å². The third kappa shape index (κ3) is 3.94. The summed E-state index contributed by atoms with van der Waals surface area (Å²) in [6.45, 7) is 6.57. The molecule has 8 nitrogen and oxygen atoms in total. The maximum absolute atomic E-state index is 12.9. The van der Waals surface area contributed by atoms with Gasteiger partial charge in [0.05, 0.1) is 5.69 Å². The third-order valence-electron chi connectivity index (χ3n) is 5.41. The minimum absolute atomic E-state index is 0.0136. The van der Waals surface area contributed by atoms with Crippen molar-refractivity contribution in [2.24, 2.45) is 0 Å². The number of hydrogen-bond acceptors (Lipinski definition) is 6. The Morgan fingerprint density at radius 3 is 2.97 bits per heavy atom. The van der Waals surface area contributed by atoms with Gasteiger partial charge in [0.1, 0.15) is 4.88 Å². The largest absolute Gasteiger partial charge is 0.381 e. The number of carbonyl (C=O) groups is 2. The first kappa shape index (κ1) is 20.8. The Labute approximate surface area is 179 Å². The number of amides is 2. The van der Waals surface area contributed by atoms with Crippen LogP contribution in [0.5, 0.6) is 0 Å². The van der Waals surface area contributed by atoms with Crippen molar-refractivity contribution in [1.29, 1.82) is 0 Å². The minimum atomic E-state index is -3.50. The second-order valence-electron chi connectivity index (χ2n) is 7.65. The molecule has 0 spiro atoms. The SMILES string of the molecule is C=CS(=O)(=O)N1CCCC(NC(=O)c2ccc3sc4c(c3c2)NC[C@@H](C)NC4=O)C1. The van der Waals surface area contributed by atoms with Crippen LogP contribution in [-0.2, 0) is 10.0 Å². The van der Waals surface area contributed by atoms with E-state index in [4.69, 9.17) is 0 Å². The molecule has 1 fully saturated rings. The van der Waals surface area contributed by atoms with Gasteiger partial charge < -0.3 is 16.0 Å². The summed E-state index contributed by atoms with van der Waals surface area (Å²) in [4.78, 5) is 25.9. The fraction of sp³-hybridized carbons (Fsp3) is 0.400. The van der Waals surface area contributed by atoms with Crippen molar-refractivity contribution < 1.29 is 18.0 Å².